The van der Waals surface area contributed by atoms with Crippen LogP contribution in [0, 0.1) is 5.92 Å². The van der Waals surface area contributed by atoms with E-state index in [-0.39, 0.29) is 6.61 Å². The third-order valence-electron chi connectivity index (χ3n) is 2.85. The molecule has 0 spiro atoms. The number of aryl methyl sites for hydroxylation is 1. The van der Waals surface area contributed by atoms with Gasteiger partial charge in [0.1, 0.15) is 0 Å². The molecule has 0 saturated carbocycles. The average Bonchev–Trinajstić information content (AvgIpc) is 2.71. The third kappa shape index (κ3) is 4.24. The first kappa shape index (κ1) is 13.7. The Kier molecular flexibility index (Phi) is 6.03. The molecular weight excluding hydrogens is 218 g/mol. The predicted molar refractivity (Wildman–Crippen MR) is 70.9 cm³/mol. The standard InChI is InChI=1S/C13H23NOS/c1-4-11-5-6-12(16-11)9-14-13(7-8-15)10(2)3/h5-6,10,13-15H,4,7-9H2,1-3H3. The smallest absolute Gasteiger partial charge is 0.0445 e. The lowest BCUT2D eigenvalue weighted by Gasteiger charge is -2.21. The van der Waals surface area contributed by atoms with Gasteiger partial charge in [-0.2, -0.15) is 0 Å². The van der Waals surface area contributed by atoms with Crippen molar-refractivity contribution in [1.29, 1.82) is 0 Å². The van der Waals surface area contributed by atoms with Crippen molar-refractivity contribution < 1.29 is 5.11 Å². The number of thiophene rings is 1. The second-order valence-electron chi connectivity index (χ2n) is 4.47. The summed E-state index contributed by atoms with van der Waals surface area (Å²) < 4.78 is 0. The monoisotopic (exact) mass is 241 g/mol. The van der Waals surface area contributed by atoms with Crippen molar-refractivity contribution in [2.45, 2.75) is 46.2 Å². The van der Waals surface area contributed by atoms with E-state index in [9.17, 15) is 0 Å². The SMILES string of the molecule is CCc1ccc(CNC(CCO)C(C)C)s1. The molecule has 16 heavy (non-hydrogen) atoms. The van der Waals surface area contributed by atoms with Gasteiger partial charge >= 0.3 is 0 Å². The number of hydrogen-bond donors (Lipinski definition) is 2. The van der Waals surface area contributed by atoms with Crippen molar-refractivity contribution in [3.63, 3.8) is 0 Å². The maximum Gasteiger partial charge on any atom is 0.0445 e. The fourth-order valence-electron chi connectivity index (χ4n) is 1.75. The lowest BCUT2D eigenvalue weighted by atomic mass is 10.0. The van der Waals surface area contributed by atoms with Crippen molar-refractivity contribution >= 4 is 11.3 Å². The first-order chi connectivity index (χ1) is 7.67. The van der Waals surface area contributed by atoms with Crippen LogP contribution in [0.2, 0.25) is 0 Å². The molecule has 0 aromatic carbocycles. The second-order valence-corrected chi connectivity index (χ2v) is 5.72. The van der Waals surface area contributed by atoms with E-state index in [1.807, 2.05) is 11.3 Å². The molecule has 92 valence electrons. The van der Waals surface area contributed by atoms with Crippen molar-refractivity contribution in [3.05, 3.63) is 21.9 Å². The molecule has 1 aromatic rings. The Morgan fingerprint density at radius 2 is 2.00 bits per heavy atom. The van der Waals surface area contributed by atoms with Crippen molar-refractivity contribution in [2.24, 2.45) is 5.92 Å². The van der Waals surface area contributed by atoms with E-state index >= 15 is 0 Å². The van der Waals surface area contributed by atoms with Crippen LogP contribution in [-0.4, -0.2) is 17.8 Å². The lowest BCUT2D eigenvalue weighted by Crippen LogP contribution is -2.33. The minimum atomic E-state index is 0.264. The Labute approximate surface area is 103 Å². The molecule has 0 amide bonds. The summed E-state index contributed by atoms with van der Waals surface area (Å²) in [5.74, 6) is 0.567. The van der Waals surface area contributed by atoms with Crippen LogP contribution >= 0.6 is 11.3 Å². The molecule has 0 radical (unpaired) electrons. The van der Waals surface area contributed by atoms with Crippen molar-refractivity contribution in [3.8, 4) is 0 Å². The molecule has 1 unspecified atom stereocenters. The van der Waals surface area contributed by atoms with E-state index in [4.69, 9.17) is 5.11 Å². The average molecular weight is 241 g/mol. The van der Waals surface area contributed by atoms with Gasteiger partial charge in [-0.1, -0.05) is 20.8 Å². The van der Waals surface area contributed by atoms with E-state index in [2.05, 4.69) is 38.2 Å². The number of aliphatic hydroxyl groups is 1. The molecule has 0 fully saturated rings. The predicted octanol–water partition coefficient (Wildman–Crippen LogP) is 2.81. The van der Waals surface area contributed by atoms with Crippen LogP contribution in [0.4, 0.5) is 0 Å². The van der Waals surface area contributed by atoms with E-state index in [1.54, 1.807) is 0 Å². The third-order valence-corrected chi connectivity index (χ3v) is 4.08. The fraction of sp³-hybridized carbons (Fsp3) is 0.692. The summed E-state index contributed by atoms with van der Waals surface area (Å²) >= 11 is 1.88. The molecule has 0 saturated heterocycles. The molecule has 0 aliphatic heterocycles. The van der Waals surface area contributed by atoms with Gasteiger partial charge in [0.05, 0.1) is 0 Å². The zero-order chi connectivity index (χ0) is 12.0. The Bertz CT molecular complexity index is 296. The molecular formula is C13H23NOS. The summed E-state index contributed by atoms with van der Waals surface area (Å²) in [6.07, 6.45) is 1.96. The summed E-state index contributed by atoms with van der Waals surface area (Å²) in [7, 11) is 0. The second kappa shape index (κ2) is 7.05. The van der Waals surface area contributed by atoms with E-state index in [1.165, 1.54) is 9.75 Å². The molecule has 1 rings (SSSR count). The highest BCUT2D eigenvalue weighted by Crippen LogP contribution is 2.17. The number of rotatable bonds is 7. The van der Waals surface area contributed by atoms with Gasteiger partial charge in [-0.25, -0.2) is 0 Å². The molecule has 1 heterocycles. The van der Waals surface area contributed by atoms with Crippen LogP contribution in [0.1, 0.15) is 36.9 Å². The summed E-state index contributed by atoms with van der Waals surface area (Å²) in [6, 6.07) is 4.82. The van der Waals surface area contributed by atoms with E-state index < -0.39 is 0 Å². The Morgan fingerprint density at radius 3 is 2.50 bits per heavy atom. The van der Waals surface area contributed by atoms with Gasteiger partial charge in [-0.05, 0) is 30.9 Å². The van der Waals surface area contributed by atoms with Crippen LogP contribution < -0.4 is 5.32 Å². The highest BCUT2D eigenvalue weighted by molar-refractivity contribution is 7.11. The van der Waals surface area contributed by atoms with Gasteiger partial charge in [-0.15, -0.1) is 11.3 Å². The van der Waals surface area contributed by atoms with E-state index in [0.29, 0.717) is 12.0 Å². The van der Waals surface area contributed by atoms with Gasteiger partial charge in [-0.3, -0.25) is 0 Å². The zero-order valence-electron chi connectivity index (χ0n) is 10.5. The topological polar surface area (TPSA) is 32.3 Å². The van der Waals surface area contributed by atoms with Crippen LogP contribution in [0.3, 0.4) is 0 Å². The van der Waals surface area contributed by atoms with E-state index in [0.717, 1.165) is 19.4 Å². The van der Waals surface area contributed by atoms with Gasteiger partial charge in [0.25, 0.3) is 0 Å². The summed E-state index contributed by atoms with van der Waals surface area (Å²) in [4.78, 5) is 2.83. The Balaban J connectivity index is 2.42. The quantitative estimate of drug-likeness (QED) is 0.769. The summed E-state index contributed by atoms with van der Waals surface area (Å²) in [5.41, 5.74) is 0. The molecule has 1 atom stereocenters. The largest absolute Gasteiger partial charge is 0.396 e. The van der Waals surface area contributed by atoms with Gasteiger partial charge in [0.2, 0.25) is 0 Å². The highest BCUT2D eigenvalue weighted by atomic mass is 32.1. The number of hydrogen-bond acceptors (Lipinski definition) is 3. The number of nitrogens with one attached hydrogen (secondary N) is 1. The molecule has 0 bridgehead atoms. The van der Waals surface area contributed by atoms with Gasteiger partial charge in [0, 0.05) is 28.9 Å². The maximum absolute atomic E-state index is 8.99. The Morgan fingerprint density at radius 1 is 1.31 bits per heavy atom. The normalized spacial score (nSPS) is 13.3. The maximum atomic E-state index is 8.99. The highest BCUT2D eigenvalue weighted by Gasteiger charge is 2.12. The van der Waals surface area contributed by atoms with Crippen molar-refractivity contribution in [1.82, 2.24) is 5.32 Å². The molecule has 0 aliphatic rings. The van der Waals surface area contributed by atoms with Gasteiger partial charge in [0.15, 0.2) is 0 Å². The molecule has 3 heteroatoms. The molecule has 2 N–H and O–H groups in total. The molecule has 1 aromatic heterocycles. The van der Waals surface area contributed by atoms with Gasteiger partial charge < -0.3 is 10.4 Å². The zero-order valence-corrected chi connectivity index (χ0v) is 11.3. The van der Waals surface area contributed by atoms with Crippen LogP contribution in [0.25, 0.3) is 0 Å². The van der Waals surface area contributed by atoms with Crippen LogP contribution in [-0.2, 0) is 13.0 Å². The Hall–Kier alpha value is -0.380. The first-order valence-corrected chi connectivity index (χ1v) is 6.90. The molecule has 0 aliphatic carbocycles. The summed E-state index contributed by atoms with van der Waals surface area (Å²) in [6.45, 7) is 7.76. The lowest BCUT2D eigenvalue weighted by molar-refractivity contribution is 0.244. The van der Waals surface area contributed by atoms with Crippen LogP contribution in [0.5, 0.6) is 0 Å². The minimum absolute atomic E-state index is 0.264. The fourth-order valence-corrected chi connectivity index (χ4v) is 2.66. The minimum Gasteiger partial charge on any atom is -0.396 e. The number of aliphatic hydroxyl groups excluding tert-OH is 1. The van der Waals surface area contributed by atoms with Crippen molar-refractivity contribution in [2.75, 3.05) is 6.61 Å². The van der Waals surface area contributed by atoms with Crippen LogP contribution in [0.15, 0.2) is 12.1 Å². The first-order valence-electron chi connectivity index (χ1n) is 6.09. The summed E-state index contributed by atoms with van der Waals surface area (Å²) in [5, 5.41) is 12.5. The molecule has 2 nitrogen and oxygen atoms in total.